The van der Waals surface area contributed by atoms with Crippen molar-refractivity contribution in [3.63, 3.8) is 0 Å². The van der Waals surface area contributed by atoms with Gasteiger partial charge in [-0.15, -0.1) is 0 Å². The largest absolute Gasteiger partial charge is 0.363 e. The van der Waals surface area contributed by atoms with E-state index in [4.69, 9.17) is 0 Å². The van der Waals surface area contributed by atoms with E-state index in [0.717, 1.165) is 6.07 Å². The summed E-state index contributed by atoms with van der Waals surface area (Å²) in [5, 5.41) is 24.7. The van der Waals surface area contributed by atoms with Crippen molar-refractivity contribution in [2.24, 2.45) is 0 Å². The van der Waals surface area contributed by atoms with Gasteiger partial charge in [0, 0.05) is 38.8 Å². The lowest BCUT2D eigenvalue weighted by molar-refractivity contribution is -0.393. The maximum absolute atomic E-state index is 11.6. The monoisotopic (exact) mass is 337 g/mol. The van der Waals surface area contributed by atoms with Gasteiger partial charge in [0.05, 0.1) is 22.5 Å². The van der Waals surface area contributed by atoms with E-state index in [1.807, 2.05) is 16.7 Å². The lowest BCUT2D eigenvalue weighted by atomic mass is 10.2. The number of hydrogen-bond donors (Lipinski definition) is 1. The SMILES string of the molecule is CCNC(=O)CN1CCN(c2ccc([N+](=O)[O-])cc2[N+](=O)[O-])CC1. The first-order valence-electron chi connectivity index (χ1n) is 7.59. The highest BCUT2D eigenvalue weighted by atomic mass is 16.6. The fraction of sp³-hybridized carbons (Fsp3) is 0.500. The zero-order valence-electron chi connectivity index (χ0n) is 13.3. The summed E-state index contributed by atoms with van der Waals surface area (Å²) < 4.78 is 0. The van der Waals surface area contributed by atoms with Crippen molar-refractivity contribution in [1.29, 1.82) is 0 Å². The number of nitrogens with zero attached hydrogens (tertiary/aromatic N) is 4. The number of amides is 1. The number of carbonyl (C=O) groups is 1. The second-order valence-electron chi connectivity index (χ2n) is 5.40. The number of anilines is 1. The fourth-order valence-electron chi connectivity index (χ4n) is 2.64. The Labute approximate surface area is 138 Å². The molecule has 1 aromatic rings. The average molecular weight is 337 g/mol. The highest BCUT2D eigenvalue weighted by Gasteiger charge is 2.26. The molecule has 0 saturated carbocycles. The summed E-state index contributed by atoms with van der Waals surface area (Å²) in [6, 6.07) is 3.66. The minimum Gasteiger partial charge on any atom is -0.363 e. The van der Waals surface area contributed by atoms with Gasteiger partial charge in [0.15, 0.2) is 0 Å². The van der Waals surface area contributed by atoms with Crippen LogP contribution in [0.3, 0.4) is 0 Å². The maximum atomic E-state index is 11.6. The van der Waals surface area contributed by atoms with E-state index in [9.17, 15) is 25.0 Å². The van der Waals surface area contributed by atoms with Crippen molar-refractivity contribution < 1.29 is 14.6 Å². The van der Waals surface area contributed by atoms with E-state index < -0.39 is 9.85 Å². The van der Waals surface area contributed by atoms with Crippen molar-refractivity contribution in [1.82, 2.24) is 10.2 Å². The normalized spacial score (nSPS) is 15.1. The van der Waals surface area contributed by atoms with Crippen molar-refractivity contribution in [2.75, 3.05) is 44.2 Å². The molecule has 1 heterocycles. The topological polar surface area (TPSA) is 122 Å². The second kappa shape index (κ2) is 7.68. The minimum absolute atomic E-state index is 0.0488. The van der Waals surface area contributed by atoms with Gasteiger partial charge in [-0.05, 0) is 13.0 Å². The molecule has 1 N–H and O–H groups in total. The molecule has 0 spiro atoms. The highest BCUT2D eigenvalue weighted by Crippen LogP contribution is 2.32. The van der Waals surface area contributed by atoms with E-state index in [-0.39, 0.29) is 17.3 Å². The van der Waals surface area contributed by atoms with Gasteiger partial charge in [-0.1, -0.05) is 0 Å². The number of rotatable bonds is 6. The molecule has 1 aromatic carbocycles. The molecule has 1 fully saturated rings. The number of nitrogens with one attached hydrogen (secondary N) is 1. The first kappa shape index (κ1) is 17.6. The molecule has 0 atom stereocenters. The van der Waals surface area contributed by atoms with Crippen molar-refractivity contribution in [3.8, 4) is 0 Å². The Hall–Kier alpha value is -2.75. The molecule has 1 aliphatic heterocycles. The van der Waals surface area contributed by atoms with Gasteiger partial charge in [-0.2, -0.15) is 0 Å². The van der Waals surface area contributed by atoms with Crippen LogP contribution in [0.2, 0.25) is 0 Å². The van der Waals surface area contributed by atoms with Crippen LogP contribution in [0.4, 0.5) is 17.1 Å². The number of nitro groups is 2. The summed E-state index contributed by atoms with van der Waals surface area (Å²) in [5.41, 5.74) is -0.218. The molecule has 24 heavy (non-hydrogen) atoms. The second-order valence-corrected chi connectivity index (χ2v) is 5.40. The molecule has 0 radical (unpaired) electrons. The molecule has 1 saturated heterocycles. The summed E-state index contributed by atoms with van der Waals surface area (Å²) in [5.74, 6) is -0.0488. The van der Waals surface area contributed by atoms with Gasteiger partial charge >= 0.3 is 0 Å². The molecule has 0 aliphatic carbocycles. The van der Waals surface area contributed by atoms with Gasteiger partial charge in [0.1, 0.15) is 5.69 Å². The number of carbonyl (C=O) groups excluding carboxylic acids is 1. The first-order valence-corrected chi connectivity index (χ1v) is 7.59. The van der Waals surface area contributed by atoms with Gasteiger partial charge in [0.2, 0.25) is 5.91 Å². The van der Waals surface area contributed by atoms with E-state index in [0.29, 0.717) is 45.0 Å². The van der Waals surface area contributed by atoms with Crippen LogP contribution in [0, 0.1) is 20.2 Å². The molecule has 1 aliphatic rings. The number of hydrogen-bond acceptors (Lipinski definition) is 7. The van der Waals surface area contributed by atoms with Crippen LogP contribution in [0.25, 0.3) is 0 Å². The predicted molar refractivity (Wildman–Crippen MR) is 87.1 cm³/mol. The van der Waals surface area contributed by atoms with Crippen molar-refractivity contribution in [3.05, 3.63) is 38.4 Å². The molecule has 1 amide bonds. The molecule has 0 aromatic heterocycles. The van der Waals surface area contributed by atoms with Crippen LogP contribution in [0.5, 0.6) is 0 Å². The van der Waals surface area contributed by atoms with E-state index in [1.165, 1.54) is 12.1 Å². The number of nitro benzene ring substituents is 2. The molecule has 10 heteroatoms. The number of non-ortho nitro benzene ring substituents is 1. The molecule has 0 unspecified atom stereocenters. The lowest BCUT2D eigenvalue weighted by Gasteiger charge is -2.35. The Morgan fingerprint density at radius 3 is 2.38 bits per heavy atom. The number of piperazine rings is 1. The maximum Gasteiger partial charge on any atom is 0.299 e. The van der Waals surface area contributed by atoms with Crippen molar-refractivity contribution >= 4 is 23.0 Å². The molecule has 130 valence electrons. The zero-order valence-corrected chi connectivity index (χ0v) is 13.3. The summed E-state index contributed by atoms with van der Waals surface area (Å²) in [4.78, 5) is 36.1. The van der Waals surface area contributed by atoms with Crippen LogP contribution < -0.4 is 10.2 Å². The lowest BCUT2D eigenvalue weighted by Crippen LogP contribution is -2.49. The number of benzene rings is 1. The van der Waals surface area contributed by atoms with Gasteiger partial charge in [0.25, 0.3) is 11.4 Å². The summed E-state index contributed by atoms with van der Waals surface area (Å²) >= 11 is 0. The van der Waals surface area contributed by atoms with Crippen LogP contribution in [0.1, 0.15) is 6.92 Å². The van der Waals surface area contributed by atoms with Crippen molar-refractivity contribution in [2.45, 2.75) is 6.92 Å². The van der Waals surface area contributed by atoms with E-state index in [1.54, 1.807) is 0 Å². The van der Waals surface area contributed by atoms with Crippen LogP contribution in [-0.4, -0.2) is 59.9 Å². The Balaban J connectivity index is 2.07. The fourth-order valence-corrected chi connectivity index (χ4v) is 2.64. The number of likely N-dealkylation sites (N-methyl/N-ethyl adjacent to an activating group) is 1. The molecular formula is C14H19N5O5. The van der Waals surface area contributed by atoms with Gasteiger partial charge in [-0.25, -0.2) is 0 Å². The van der Waals surface area contributed by atoms with E-state index >= 15 is 0 Å². The Kier molecular flexibility index (Phi) is 5.64. The first-order chi connectivity index (χ1) is 11.4. The Morgan fingerprint density at radius 2 is 1.83 bits per heavy atom. The van der Waals surface area contributed by atoms with Crippen LogP contribution in [0.15, 0.2) is 18.2 Å². The third-order valence-corrected chi connectivity index (χ3v) is 3.82. The van der Waals surface area contributed by atoms with E-state index in [2.05, 4.69) is 5.32 Å². The Morgan fingerprint density at radius 1 is 1.17 bits per heavy atom. The zero-order chi connectivity index (χ0) is 17.7. The molecule has 10 nitrogen and oxygen atoms in total. The molecule has 0 bridgehead atoms. The third-order valence-electron chi connectivity index (χ3n) is 3.82. The highest BCUT2D eigenvalue weighted by molar-refractivity contribution is 5.78. The van der Waals surface area contributed by atoms with Crippen LogP contribution in [-0.2, 0) is 4.79 Å². The summed E-state index contributed by atoms with van der Waals surface area (Å²) in [6.45, 7) is 4.92. The predicted octanol–water partition coefficient (Wildman–Crippen LogP) is 0.761. The summed E-state index contributed by atoms with van der Waals surface area (Å²) in [7, 11) is 0. The summed E-state index contributed by atoms with van der Waals surface area (Å²) in [6.07, 6.45) is 0. The third kappa shape index (κ3) is 4.16. The molecule has 2 rings (SSSR count). The van der Waals surface area contributed by atoms with Gasteiger partial charge < -0.3 is 10.2 Å². The standard InChI is InChI=1S/C14H19N5O5/c1-2-15-14(20)10-16-5-7-17(8-6-16)12-4-3-11(18(21)22)9-13(12)19(23)24/h3-4,9H,2,5-8,10H2,1H3,(H,15,20). The average Bonchev–Trinajstić information content (AvgIpc) is 2.55. The molecular weight excluding hydrogens is 318 g/mol. The Bertz CT molecular complexity index is 642. The quantitative estimate of drug-likeness (QED) is 0.600. The minimum atomic E-state index is -0.652. The smallest absolute Gasteiger partial charge is 0.299 e. The van der Waals surface area contributed by atoms with Gasteiger partial charge in [-0.3, -0.25) is 29.9 Å². The van der Waals surface area contributed by atoms with Crippen LogP contribution >= 0.6 is 0 Å².